The molecule has 236 valence electrons. The summed E-state index contributed by atoms with van der Waals surface area (Å²) in [7, 11) is 0. The summed E-state index contributed by atoms with van der Waals surface area (Å²) in [6.07, 6.45) is 0. The van der Waals surface area contributed by atoms with Gasteiger partial charge in [0.2, 0.25) is 0 Å². The third kappa shape index (κ3) is 5.56. The van der Waals surface area contributed by atoms with Gasteiger partial charge < -0.3 is 4.90 Å². The van der Waals surface area contributed by atoms with Crippen LogP contribution in [0.25, 0.3) is 64.7 Å². The highest BCUT2D eigenvalue weighted by atomic mass is 32.1. The predicted octanol–water partition coefficient (Wildman–Crippen LogP) is 14.2. The Morgan fingerprint density at radius 2 is 0.800 bits per heavy atom. The number of benzene rings is 8. The van der Waals surface area contributed by atoms with Crippen molar-refractivity contribution in [3.8, 4) is 44.5 Å². The highest BCUT2D eigenvalue weighted by molar-refractivity contribution is 7.25. The summed E-state index contributed by atoms with van der Waals surface area (Å²) in [4.78, 5) is 2.42. The number of rotatable bonds is 7. The van der Waals surface area contributed by atoms with Crippen LogP contribution in [0.1, 0.15) is 0 Å². The van der Waals surface area contributed by atoms with Crippen molar-refractivity contribution in [2.75, 3.05) is 4.90 Å². The van der Waals surface area contributed by atoms with E-state index in [0.29, 0.717) is 0 Å². The zero-order valence-electron chi connectivity index (χ0n) is 27.4. The highest BCUT2D eigenvalue weighted by Crippen LogP contribution is 2.47. The second kappa shape index (κ2) is 13.0. The number of hydrogen-bond donors (Lipinski definition) is 0. The molecule has 1 aromatic heterocycles. The largest absolute Gasteiger partial charge is 0.310 e. The average molecular weight is 656 g/mol. The molecule has 0 aliphatic carbocycles. The molecule has 2 heteroatoms. The van der Waals surface area contributed by atoms with Crippen LogP contribution < -0.4 is 4.90 Å². The molecule has 0 radical (unpaired) electrons. The Labute approximate surface area is 297 Å². The maximum absolute atomic E-state index is 2.42. The standard InChI is InChI=1S/C48H33NS/c1-4-13-34(14-5-1)36-23-28-40(29-24-36)49(41-30-25-37(26-31-41)35-15-6-2-7-16-35)45-21-12-20-42(38-17-8-3-9-18-38)48(45)39-27-32-47-44(33-39)43-19-10-11-22-46(43)50-47/h1-33H. The molecule has 0 bridgehead atoms. The van der Waals surface area contributed by atoms with Gasteiger partial charge in [-0.05, 0) is 87.5 Å². The third-order valence-electron chi connectivity index (χ3n) is 9.50. The van der Waals surface area contributed by atoms with Gasteiger partial charge in [-0.1, -0.05) is 152 Å². The van der Waals surface area contributed by atoms with E-state index in [1.54, 1.807) is 0 Å². The summed E-state index contributed by atoms with van der Waals surface area (Å²) in [5.74, 6) is 0. The molecule has 8 aromatic carbocycles. The fraction of sp³-hybridized carbons (Fsp3) is 0. The second-order valence-corrected chi connectivity index (χ2v) is 13.6. The predicted molar refractivity (Wildman–Crippen MR) is 216 cm³/mol. The Morgan fingerprint density at radius 3 is 1.40 bits per heavy atom. The molecule has 9 rings (SSSR count). The molecule has 0 unspecified atom stereocenters. The first-order valence-corrected chi connectivity index (χ1v) is 17.8. The molecule has 0 spiro atoms. The van der Waals surface area contributed by atoms with Crippen LogP contribution in [0, 0.1) is 0 Å². The van der Waals surface area contributed by atoms with E-state index in [0.717, 1.165) is 17.1 Å². The van der Waals surface area contributed by atoms with E-state index in [4.69, 9.17) is 0 Å². The molecule has 0 fully saturated rings. The minimum absolute atomic E-state index is 1.10. The van der Waals surface area contributed by atoms with Gasteiger partial charge in [0, 0.05) is 37.1 Å². The molecule has 50 heavy (non-hydrogen) atoms. The summed E-state index contributed by atoms with van der Waals surface area (Å²) in [6.45, 7) is 0. The molecule has 0 aliphatic heterocycles. The van der Waals surface area contributed by atoms with Gasteiger partial charge in [0.1, 0.15) is 0 Å². The van der Waals surface area contributed by atoms with Crippen molar-refractivity contribution in [1.29, 1.82) is 0 Å². The van der Waals surface area contributed by atoms with Crippen molar-refractivity contribution < 1.29 is 0 Å². The number of hydrogen-bond acceptors (Lipinski definition) is 2. The number of nitrogens with zero attached hydrogens (tertiary/aromatic N) is 1. The van der Waals surface area contributed by atoms with E-state index in [1.807, 2.05) is 11.3 Å². The van der Waals surface area contributed by atoms with Crippen molar-refractivity contribution in [1.82, 2.24) is 0 Å². The number of anilines is 3. The normalized spacial score (nSPS) is 11.2. The first-order chi connectivity index (χ1) is 24.8. The lowest BCUT2D eigenvalue weighted by atomic mass is 9.91. The van der Waals surface area contributed by atoms with Gasteiger partial charge in [0.15, 0.2) is 0 Å². The molecule has 0 amide bonds. The smallest absolute Gasteiger partial charge is 0.0546 e. The fourth-order valence-electron chi connectivity index (χ4n) is 7.06. The summed E-state index contributed by atoms with van der Waals surface area (Å²) < 4.78 is 2.62. The van der Waals surface area contributed by atoms with Crippen LogP contribution in [0.2, 0.25) is 0 Å². The average Bonchev–Trinajstić information content (AvgIpc) is 3.57. The Morgan fingerprint density at radius 1 is 0.320 bits per heavy atom. The van der Waals surface area contributed by atoms with Crippen molar-refractivity contribution in [2.24, 2.45) is 0 Å². The fourth-order valence-corrected chi connectivity index (χ4v) is 8.15. The SMILES string of the molecule is c1ccc(-c2ccc(N(c3ccc(-c4ccccc4)cc3)c3cccc(-c4ccccc4)c3-c3ccc4sc5ccccc5c4c3)cc2)cc1. The zero-order valence-corrected chi connectivity index (χ0v) is 28.2. The van der Waals surface area contributed by atoms with Crippen molar-refractivity contribution in [2.45, 2.75) is 0 Å². The molecule has 9 aromatic rings. The summed E-state index contributed by atoms with van der Waals surface area (Å²) in [5.41, 5.74) is 12.9. The van der Waals surface area contributed by atoms with Gasteiger partial charge in [-0.3, -0.25) is 0 Å². The van der Waals surface area contributed by atoms with E-state index in [2.05, 4.69) is 205 Å². The second-order valence-electron chi connectivity index (χ2n) is 12.5. The first kappa shape index (κ1) is 29.9. The minimum atomic E-state index is 1.10. The lowest BCUT2D eigenvalue weighted by Crippen LogP contribution is -2.11. The Kier molecular flexibility index (Phi) is 7.77. The molecule has 1 heterocycles. The molecule has 0 aliphatic rings. The Balaban J connectivity index is 1.27. The van der Waals surface area contributed by atoms with Gasteiger partial charge >= 0.3 is 0 Å². The van der Waals surface area contributed by atoms with Crippen LogP contribution in [0.5, 0.6) is 0 Å². The van der Waals surface area contributed by atoms with Crippen molar-refractivity contribution in [3.63, 3.8) is 0 Å². The molecular weight excluding hydrogens is 623 g/mol. The minimum Gasteiger partial charge on any atom is -0.310 e. The van der Waals surface area contributed by atoms with Gasteiger partial charge in [0.25, 0.3) is 0 Å². The van der Waals surface area contributed by atoms with Crippen molar-refractivity contribution >= 4 is 48.6 Å². The van der Waals surface area contributed by atoms with Crippen LogP contribution in [0.4, 0.5) is 17.1 Å². The van der Waals surface area contributed by atoms with Crippen LogP contribution in [-0.4, -0.2) is 0 Å². The van der Waals surface area contributed by atoms with Crippen LogP contribution in [-0.2, 0) is 0 Å². The van der Waals surface area contributed by atoms with Crippen LogP contribution in [0.3, 0.4) is 0 Å². The monoisotopic (exact) mass is 655 g/mol. The van der Waals surface area contributed by atoms with Gasteiger partial charge in [-0.15, -0.1) is 11.3 Å². The summed E-state index contributed by atoms with van der Waals surface area (Å²) in [5, 5.41) is 2.60. The molecule has 0 atom stereocenters. The lowest BCUT2D eigenvalue weighted by molar-refractivity contribution is 1.28. The van der Waals surface area contributed by atoms with E-state index >= 15 is 0 Å². The van der Waals surface area contributed by atoms with E-state index in [1.165, 1.54) is 64.7 Å². The number of fused-ring (bicyclic) bond motifs is 3. The maximum Gasteiger partial charge on any atom is 0.0546 e. The summed E-state index contributed by atoms with van der Waals surface area (Å²) >= 11 is 1.86. The van der Waals surface area contributed by atoms with Gasteiger partial charge in [-0.25, -0.2) is 0 Å². The van der Waals surface area contributed by atoms with E-state index < -0.39 is 0 Å². The first-order valence-electron chi connectivity index (χ1n) is 17.0. The lowest BCUT2D eigenvalue weighted by Gasteiger charge is -2.29. The molecule has 0 N–H and O–H groups in total. The topological polar surface area (TPSA) is 3.24 Å². The van der Waals surface area contributed by atoms with E-state index in [9.17, 15) is 0 Å². The summed E-state index contributed by atoms with van der Waals surface area (Å²) in [6, 6.07) is 72.4. The quantitative estimate of drug-likeness (QED) is 0.165. The Hall–Kier alpha value is -6.22. The highest BCUT2D eigenvalue weighted by Gasteiger charge is 2.21. The van der Waals surface area contributed by atoms with Gasteiger partial charge in [0.05, 0.1) is 5.69 Å². The van der Waals surface area contributed by atoms with Crippen LogP contribution >= 0.6 is 11.3 Å². The molecular formula is C48H33NS. The molecule has 0 saturated heterocycles. The van der Waals surface area contributed by atoms with Crippen molar-refractivity contribution in [3.05, 3.63) is 200 Å². The Bertz CT molecular complexity index is 2470. The maximum atomic E-state index is 2.42. The van der Waals surface area contributed by atoms with Gasteiger partial charge in [-0.2, -0.15) is 0 Å². The molecule has 0 saturated carbocycles. The zero-order chi connectivity index (χ0) is 33.3. The molecule has 1 nitrogen and oxygen atoms in total. The van der Waals surface area contributed by atoms with E-state index in [-0.39, 0.29) is 0 Å². The number of thiophene rings is 1. The van der Waals surface area contributed by atoms with Crippen LogP contribution in [0.15, 0.2) is 200 Å². The third-order valence-corrected chi connectivity index (χ3v) is 10.7.